The molecule has 26 heavy (non-hydrogen) atoms. The summed E-state index contributed by atoms with van der Waals surface area (Å²) < 4.78 is 37.3. The average Bonchev–Trinajstić information content (AvgIpc) is 2.61. The molecule has 2 aromatic carbocycles. The van der Waals surface area contributed by atoms with Crippen LogP contribution in [0.2, 0.25) is 0 Å². The highest BCUT2D eigenvalue weighted by Crippen LogP contribution is 2.31. The van der Waals surface area contributed by atoms with Crippen LogP contribution < -0.4 is 10.1 Å². The Balaban J connectivity index is 2.25. The highest BCUT2D eigenvalue weighted by Gasteiger charge is 2.19. The Bertz CT molecular complexity index is 763. The van der Waals surface area contributed by atoms with Gasteiger partial charge in [0.25, 0.3) is 6.43 Å². The first-order valence-corrected chi connectivity index (χ1v) is 8.52. The molecule has 0 bridgehead atoms. The predicted molar refractivity (Wildman–Crippen MR) is 96.9 cm³/mol. The number of benzene rings is 2. The summed E-state index contributed by atoms with van der Waals surface area (Å²) in [6.45, 7) is 5.85. The number of ether oxygens (including phenoxy) is 2. The molecule has 1 N–H and O–H groups in total. The number of carbonyl (C=O) groups excluding carboxylic acids is 1. The molecule has 0 radical (unpaired) electrons. The van der Waals surface area contributed by atoms with Crippen LogP contribution in [0.15, 0.2) is 36.4 Å². The molecular formula is C20H23F2NO3. The van der Waals surface area contributed by atoms with Gasteiger partial charge in [-0.05, 0) is 37.5 Å². The van der Waals surface area contributed by atoms with Gasteiger partial charge < -0.3 is 9.47 Å². The van der Waals surface area contributed by atoms with Crippen molar-refractivity contribution >= 4 is 11.8 Å². The van der Waals surface area contributed by atoms with Gasteiger partial charge in [0.1, 0.15) is 12.4 Å². The molecule has 140 valence electrons. The van der Waals surface area contributed by atoms with Gasteiger partial charge in [-0.15, -0.1) is 0 Å². The van der Waals surface area contributed by atoms with E-state index in [0.29, 0.717) is 11.3 Å². The van der Waals surface area contributed by atoms with Gasteiger partial charge in [0.2, 0.25) is 0 Å². The molecule has 6 heteroatoms. The molecule has 2 rings (SSSR count). The molecule has 0 aromatic heterocycles. The van der Waals surface area contributed by atoms with E-state index in [2.05, 4.69) is 12.2 Å². The van der Waals surface area contributed by atoms with Gasteiger partial charge in [0, 0.05) is 11.1 Å². The van der Waals surface area contributed by atoms with Gasteiger partial charge >= 0.3 is 6.09 Å². The molecule has 1 amide bonds. The fraction of sp³-hybridized carbons (Fsp3) is 0.350. The zero-order valence-electron chi connectivity index (χ0n) is 15.1. The number of aryl methyl sites for hydroxylation is 2. The van der Waals surface area contributed by atoms with Gasteiger partial charge in [-0.2, -0.15) is 0 Å². The van der Waals surface area contributed by atoms with E-state index in [-0.39, 0.29) is 24.5 Å². The minimum Gasteiger partial charge on any atom is -0.489 e. The Labute approximate surface area is 152 Å². The molecule has 0 atom stereocenters. The van der Waals surface area contributed by atoms with Gasteiger partial charge in [-0.25, -0.2) is 13.6 Å². The first-order chi connectivity index (χ1) is 12.5. The van der Waals surface area contributed by atoms with Crippen molar-refractivity contribution < 1.29 is 23.0 Å². The number of anilines is 1. The topological polar surface area (TPSA) is 47.6 Å². The number of hydrogen-bond donors (Lipinski definition) is 1. The average molecular weight is 363 g/mol. The van der Waals surface area contributed by atoms with Gasteiger partial charge in [-0.1, -0.05) is 37.3 Å². The van der Waals surface area contributed by atoms with Crippen molar-refractivity contribution in [3.63, 3.8) is 0 Å². The van der Waals surface area contributed by atoms with Crippen LogP contribution in [0.5, 0.6) is 5.75 Å². The number of rotatable bonds is 7. The Morgan fingerprint density at radius 2 is 1.96 bits per heavy atom. The summed E-state index contributed by atoms with van der Waals surface area (Å²) in [4.78, 5) is 11.7. The standard InChI is InChI=1S/C20H23F2NO3/c1-4-14-9-10-17(13(3)11-14)26-12-15-7-6-8-16(19(21)22)18(15)23-20(24)25-5-2/h6-11,19H,4-5,12H2,1-3H3,(H,23,24). The van der Waals surface area contributed by atoms with Crippen LogP contribution in [0.3, 0.4) is 0 Å². The van der Waals surface area contributed by atoms with Crippen LogP contribution in [-0.2, 0) is 17.8 Å². The molecule has 0 saturated carbocycles. The summed E-state index contributed by atoms with van der Waals surface area (Å²) in [6.07, 6.45) is -2.58. The van der Waals surface area contributed by atoms with Gasteiger partial charge in [-0.3, -0.25) is 5.32 Å². The maximum atomic E-state index is 13.3. The summed E-state index contributed by atoms with van der Waals surface area (Å²) >= 11 is 0. The summed E-state index contributed by atoms with van der Waals surface area (Å²) in [5.41, 5.74) is 2.38. The third-order valence-corrected chi connectivity index (χ3v) is 3.95. The molecule has 0 aliphatic heterocycles. The Morgan fingerprint density at radius 1 is 1.19 bits per heavy atom. The maximum Gasteiger partial charge on any atom is 0.411 e. The second-order valence-electron chi connectivity index (χ2n) is 5.77. The number of amides is 1. The molecule has 0 heterocycles. The second-order valence-corrected chi connectivity index (χ2v) is 5.77. The van der Waals surface area contributed by atoms with E-state index < -0.39 is 12.5 Å². The summed E-state index contributed by atoms with van der Waals surface area (Å²) in [6, 6.07) is 10.3. The fourth-order valence-electron chi connectivity index (χ4n) is 2.59. The largest absolute Gasteiger partial charge is 0.489 e. The molecule has 0 saturated heterocycles. The highest BCUT2D eigenvalue weighted by molar-refractivity contribution is 5.87. The Morgan fingerprint density at radius 3 is 2.58 bits per heavy atom. The van der Waals surface area contributed by atoms with Crippen LogP contribution >= 0.6 is 0 Å². The quantitative estimate of drug-likeness (QED) is 0.692. The second kappa shape index (κ2) is 9.17. The van der Waals surface area contributed by atoms with Crippen molar-refractivity contribution in [1.82, 2.24) is 0 Å². The molecule has 0 aliphatic rings. The molecule has 0 unspecified atom stereocenters. The van der Waals surface area contributed by atoms with Crippen LogP contribution in [0.4, 0.5) is 19.3 Å². The minimum atomic E-state index is -2.72. The molecule has 0 aliphatic carbocycles. The van der Waals surface area contributed by atoms with E-state index in [1.54, 1.807) is 13.0 Å². The van der Waals surface area contributed by atoms with E-state index in [9.17, 15) is 13.6 Å². The van der Waals surface area contributed by atoms with Crippen molar-refractivity contribution in [1.29, 1.82) is 0 Å². The van der Waals surface area contributed by atoms with Crippen LogP contribution in [0, 0.1) is 6.92 Å². The number of nitrogens with one attached hydrogen (secondary N) is 1. The van der Waals surface area contributed by atoms with Crippen LogP contribution in [0.1, 0.15) is 42.5 Å². The third-order valence-electron chi connectivity index (χ3n) is 3.95. The number of para-hydroxylation sites is 1. The number of hydrogen-bond acceptors (Lipinski definition) is 3. The van der Waals surface area contributed by atoms with Crippen molar-refractivity contribution in [3.05, 3.63) is 58.7 Å². The monoisotopic (exact) mass is 363 g/mol. The normalized spacial score (nSPS) is 10.7. The smallest absolute Gasteiger partial charge is 0.411 e. The SMILES string of the molecule is CCOC(=O)Nc1c(COc2ccc(CC)cc2C)cccc1C(F)F. The summed E-state index contributed by atoms with van der Waals surface area (Å²) in [7, 11) is 0. The van der Waals surface area contributed by atoms with Gasteiger partial charge in [0.15, 0.2) is 0 Å². The Hall–Kier alpha value is -2.63. The molecule has 0 spiro atoms. The lowest BCUT2D eigenvalue weighted by Crippen LogP contribution is -2.17. The molecular weight excluding hydrogens is 340 g/mol. The lowest BCUT2D eigenvalue weighted by Gasteiger charge is -2.17. The number of halogens is 2. The Kier molecular flexibility index (Phi) is 6.95. The maximum absolute atomic E-state index is 13.3. The minimum absolute atomic E-state index is 0.0313. The number of alkyl halides is 2. The summed E-state index contributed by atoms with van der Waals surface area (Å²) in [5.74, 6) is 0.673. The van der Waals surface area contributed by atoms with Crippen molar-refractivity contribution in [2.45, 2.75) is 40.2 Å². The van der Waals surface area contributed by atoms with E-state index >= 15 is 0 Å². The molecule has 2 aromatic rings. The lowest BCUT2D eigenvalue weighted by molar-refractivity contribution is 0.151. The zero-order chi connectivity index (χ0) is 19.1. The van der Waals surface area contributed by atoms with Gasteiger partial charge in [0.05, 0.1) is 12.3 Å². The fourth-order valence-corrected chi connectivity index (χ4v) is 2.59. The first-order valence-electron chi connectivity index (χ1n) is 8.52. The van der Waals surface area contributed by atoms with Crippen molar-refractivity contribution in [2.24, 2.45) is 0 Å². The highest BCUT2D eigenvalue weighted by atomic mass is 19.3. The molecule has 0 fully saturated rings. The van der Waals surface area contributed by atoms with E-state index in [4.69, 9.17) is 9.47 Å². The van der Waals surface area contributed by atoms with E-state index in [1.165, 1.54) is 17.7 Å². The van der Waals surface area contributed by atoms with E-state index in [0.717, 1.165) is 12.0 Å². The van der Waals surface area contributed by atoms with Crippen LogP contribution in [-0.4, -0.2) is 12.7 Å². The molecule has 4 nitrogen and oxygen atoms in total. The van der Waals surface area contributed by atoms with Crippen molar-refractivity contribution in [3.8, 4) is 5.75 Å². The lowest BCUT2D eigenvalue weighted by atomic mass is 10.1. The number of carbonyl (C=O) groups is 1. The first kappa shape index (κ1) is 19.7. The third kappa shape index (κ3) is 4.94. The summed E-state index contributed by atoms with van der Waals surface area (Å²) in [5, 5.41) is 2.41. The van der Waals surface area contributed by atoms with Crippen LogP contribution in [0.25, 0.3) is 0 Å². The predicted octanol–water partition coefficient (Wildman–Crippen LogP) is 5.64. The van der Waals surface area contributed by atoms with E-state index in [1.807, 2.05) is 25.1 Å². The zero-order valence-corrected chi connectivity index (χ0v) is 15.1. The van der Waals surface area contributed by atoms with Crippen molar-refractivity contribution in [2.75, 3.05) is 11.9 Å².